The second kappa shape index (κ2) is 9.07. The summed E-state index contributed by atoms with van der Waals surface area (Å²) >= 11 is 0. The molecule has 1 aromatic heterocycles. The number of hydrogen-bond donors (Lipinski definition) is 1. The Labute approximate surface area is 193 Å². The van der Waals surface area contributed by atoms with Crippen LogP contribution in [0.1, 0.15) is 34.2 Å². The van der Waals surface area contributed by atoms with Crippen LogP contribution in [0.25, 0.3) is 11.0 Å². The van der Waals surface area contributed by atoms with Gasteiger partial charge in [0.05, 0.1) is 25.5 Å². The average Bonchev–Trinajstić information content (AvgIpc) is 3.11. The van der Waals surface area contributed by atoms with Gasteiger partial charge in [-0.25, -0.2) is 8.42 Å². The SMILES string of the molecule is CCOc1ccccc1NS(=O)(=O)c1c(C)c(C)cc2c(C)c(C(=O)N3CCOCC3)oc12. The summed E-state index contributed by atoms with van der Waals surface area (Å²) in [4.78, 5) is 14.8. The maximum Gasteiger partial charge on any atom is 0.290 e. The molecule has 0 spiro atoms. The molecule has 1 fully saturated rings. The molecule has 8 nitrogen and oxygen atoms in total. The van der Waals surface area contributed by atoms with Crippen molar-refractivity contribution in [1.29, 1.82) is 0 Å². The van der Waals surface area contributed by atoms with E-state index in [0.29, 0.717) is 60.9 Å². The lowest BCUT2D eigenvalue weighted by Crippen LogP contribution is -2.40. The van der Waals surface area contributed by atoms with Crippen molar-refractivity contribution >= 4 is 32.6 Å². The number of carbonyl (C=O) groups excluding carboxylic acids is 1. The molecule has 1 aliphatic rings. The van der Waals surface area contributed by atoms with E-state index in [4.69, 9.17) is 13.9 Å². The average molecular weight is 473 g/mol. The number of sulfonamides is 1. The number of ether oxygens (including phenoxy) is 2. The molecule has 0 atom stereocenters. The Morgan fingerprint density at radius 3 is 2.52 bits per heavy atom. The predicted octanol–water partition coefficient (Wildman–Crippen LogP) is 4.03. The van der Waals surface area contributed by atoms with Gasteiger partial charge in [-0.05, 0) is 57.0 Å². The molecule has 0 unspecified atom stereocenters. The fourth-order valence-corrected chi connectivity index (χ4v) is 5.53. The molecular formula is C24H28N2O6S. The van der Waals surface area contributed by atoms with Crippen molar-refractivity contribution in [2.75, 3.05) is 37.6 Å². The van der Waals surface area contributed by atoms with Gasteiger partial charge in [0.15, 0.2) is 11.3 Å². The molecule has 1 saturated heterocycles. The van der Waals surface area contributed by atoms with E-state index < -0.39 is 10.0 Å². The fraction of sp³-hybridized carbons (Fsp3) is 0.375. The van der Waals surface area contributed by atoms with Crippen LogP contribution in [0.2, 0.25) is 0 Å². The summed E-state index contributed by atoms with van der Waals surface area (Å²) in [6.45, 7) is 9.45. The van der Waals surface area contributed by atoms with E-state index in [0.717, 1.165) is 5.56 Å². The van der Waals surface area contributed by atoms with Gasteiger partial charge in [0.2, 0.25) is 0 Å². The first kappa shape index (κ1) is 23.1. The Balaban J connectivity index is 1.83. The van der Waals surface area contributed by atoms with Crippen LogP contribution in [-0.4, -0.2) is 52.1 Å². The number of rotatable bonds is 6. The van der Waals surface area contributed by atoms with Gasteiger partial charge in [-0.15, -0.1) is 0 Å². The lowest BCUT2D eigenvalue weighted by molar-refractivity contribution is 0.0283. The van der Waals surface area contributed by atoms with E-state index >= 15 is 0 Å². The summed E-state index contributed by atoms with van der Waals surface area (Å²) in [5.41, 5.74) is 2.48. The third kappa shape index (κ3) is 4.30. The largest absolute Gasteiger partial charge is 0.492 e. The van der Waals surface area contributed by atoms with Gasteiger partial charge in [0, 0.05) is 24.0 Å². The van der Waals surface area contributed by atoms with Crippen LogP contribution in [-0.2, 0) is 14.8 Å². The summed E-state index contributed by atoms with van der Waals surface area (Å²) in [7, 11) is -4.06. The number of fused-ring (bicyclic) bond motifs is 1. The fourth-order valence-electron chi connectivity index (χ4n) is 4.01. The molecule has 3 aromatic rings. The summed E-state index contributed by atoms with van der Waals surface area (Å²) < 4.78 is 46.7. The van der Waals surface area contributed by atoms with Crippen LogP contribution in [0, 0.1) is 20.8 Å². The highest BCUT2D eigenvalue weighted by atomic mass is 32.2. The van der Waals surface area contributed by atoms with Crippen molar-refractivity contribution in [2.45, 2.75) is 32.6 Å². The van der Waals surface area contributed by atoms with Gasteiger partial charge in [-0.1, -0.05) is 12.1 Å². The monoisotopic (exact) mass is 472 g/mol. The Kier molecular flexibility index (Phi) is 6.36. The Morgan fingerprint density at radius 2 is 1.82 bits per heavy atom. The van der Waals surface area contributed by atoms with E-state index in [2.05, 4.69) is 4.72 Å². The molecule has 4 rings (SSSR count). The highest BCUT2D eigenvalue weighted by molar-refractivity contribution is 7.93. The lowest BCUT2D eigenvalue weighted by atomic mass is 10.0. The number of furan rings is 1. The van der Waals surface area contributed by atoms with Gasteiger partial charge in [-0.3, -0.25) is 9.52 Å². The number of para-hydroxylation sites is 2. The minimum absolute atomic E-state index is 0.0212. The lowest BCUT2D eigenvalue weighted by Gasteiger charge is -2.26. The van der Waals surface area contributed by atoms with Crippen molar-refractivity contribution in [3.8, 4) is 5.75 Å². The molecule has 0 bridgehead atoms. The van der Waals surface area contributed by atoms with Crippen LogP contribution in [0.4, 0.5) is 5.69 Å². The van der Waals surface area contributed by atoms with E-state index in [1.165, 1.54) is 0 Å². The van der Waals surface area contributed by atoms with E-state index in [-0.39, 0.29) is 22.1 Å². The molecule has 2 aromatic carbocycles. The highest BCUT2D eigenvalue weighted by Crippen LogP contribution is 2.37. The summed E-state index contributed by atoms with van der Waals surface area (Å²) in [5, 5.41) is 0.605. The molecule has 0 aliphatic carbocycles. The zero-order valence-electron chi connectivity index (χ0n) is 19.2. The topological polar surface area (TPSA) is 98.1 Å². The van der Waals surface area contributed by atoms with E-state index in [9.17, 15) is 13.2 Å². The molecule has 33 heavy (non-hydrogen) atoms. The quantitative estimate of drug-likeness (QED) is 0.582. The predicted molar refractivity (Wildman–Crippen MR) is 126 cm³/mol. The standard InChI is InChI=1S/C24H28N2O6S/c1-5-31-20-9-7-6-8-19(20)25-33(28,29)23-16(3)15(2)14-18-17(4)21(32-22(18)23)24(27)26-10-12-30-13-11-26/h6-9,14,25H,5,10-13H2,1-4H3. The van der Waals surface area contributed by atoms with E-state index in [1.807, 2.05) is 19.9 Å². The van der Waals surface area contributed by atoms with Crippen molar-refractivity contribution in [2.24, 2.45) is 0 Å². The van der Waals surface area contributed by atoms with Gasteiger partial charge in [0.25, 0.3) is 15.9 Å². The van der Waals surface area contributed by atoms with Crippen molar-refractivity contribution < 1.29 is 27.1 Å². The normalized spacial score (nSPS) is 14.5. The number of nitrogens with one attached hydrogen (secondary N) is 1. The minimum atomic E-state index is -4.06. The highest BCUT2D eigenvalue weighted by Gasteiger charge is 2.30. The first-order valence-electron chi connectivity index (χ1n) is 10.9. The molecule has 0 saturated carbocycles. The number of amides is 1. The first-order valence-corrected chi connectivity index (χ1v) is 12.4. The minimum Gasteiger partial charge on any atom is -0.492 e. The van der Waals surface area contributed by atoms with E-state index in [1.54, 1.807) is 43.0 Å². The van der Waals surface area contributed by atoms with Gasteiger partial charge < -0.3 is 18.8 Å². The molecule has 1 N–H and O–H groups in total. The van der Waals surface area contributed by atoms with Gasteiger partial charge >= 0.3 is 0 Å². The van der Waals surface area contributed by atoms with Gasteiger partial charge in [-0.2, -0.15) is 0 Å². The molecule has 176 valence electrons. The smallest absolute Gasteiger partial charge is 0.290 e. The van der Waals surface area contributed by atoms with Crippen LogP contribution in [0.5, 0.6) is 5.75 Å². The summed E-state index contributed by atoms with van der Waals surface area (Å²) in [6.07, 6.45) is 0. The Bertz CT molecular complexity index is 1310. The second-order valence-corrected chi connectivity index (χ2v) is 9.64. The number of carbonyl (C=O) groups is 1. The Hall–Kier alpha value is -3.04. The van der Waals surface area contributed by atoms with Crippen LogP contribution in [0.3, 0.4) is 0 Å². The number of benzene rings is 2. The van der Waals surface area contributed by atoms with Crippen LogP contribution in [0.15, 0.2) is 39.6 Å². The number of nitrogens with zero attached hydrogens (tertiary/aromatic N) is 1. The first-order chi connectivity index (χ1) is 15.7. The third-order valence-corrected chi connectivity index (χ3v) is 7.40. The molecule has 2 heterocycles. The van der Waals surface area contributed by atoms with Crippen molar-refractivity contribution in [3.63, 3.8) is 0 Å². The maximum atomic E-state index is 13.6. The second-order valence-electron chi connectivity index (χ2n) is 8.02. The van der Waals surface area contributed by atoms with Crippen LogP contribution >= 0.6 is 0 Å². The molecule has 1 aliphatic heterocycles. The molecule has 9 heteroatoms. The third-order valence-electron chi connectivity index (χ3n) is 5.89. The zero-order chi connectivity index (χ0) is 23.8. The number of morpholine rings is 1. The van der Waals surface area contributed by atoms with Crippen LogP contribution < -0.4 is 9.46 Å². The van der Waals surface area contributed by atoms with Crippen molar-refractivity contribution in [3.05, 3.63) is 52.8 Å². The number of hydrogen-bond acceptors (Lipinski definition) is 6. The summed E-state index contributed by atoms with van der Waals surface area (Å²) in [6, 6.07) is 8.72. The molecule has 0 radical (unpaired) electrons. The number of aryl methyl sites for hydroxylation is 2. The summed E-state index contributed by atoms with van der Waals surface area (Å²) in [5.74, 6) is 0.326. The molecular weight excluding hydrogens is 444 g/mol. The number of anilines is 1. The Morgan fingerprint density at radius 1 is 1.12 bits per heavy atom. The van der Waals surface area contributed by atoms with Crippen molar-refractivity contribution in [1.82, 2.24) is 4.90 Å². The zero-order valence-corrected chi connectivity index (χ0v) is 20.0. The maximum absolute atomic E-state index is 13.6. The molecule has 1 amide bonds. The van der Waals surface area contributed by atoms with Gasteiger partial charge in [0.1, 0.15) is 10.6 Å².